The van der Waals surface area contributed by atoms with Gasteiger partial charge in [0, 0.05) is 6.61 Å². The molecule has 1 fully saturated rings. The fourth-order valence-corrected chi connectivity index (χ4v) is 2.37. The number of hydrogen-bond acceptors (Lipinski definition) is 2. The molecule has 0 heterocycles. The van der Waals surface area contributed by atoms with E-state index in [4.69, 9.17) is 9.16 Å². The molecule has 1 aliphatic rings. The maximum Gasteiger partial charge on any atom is 0.226 e. The number of rotatable bonds is 6. The molecule has 2 nitrogen and oxygen atoms in total. The van der Waals surface area contributed by atoms with Gasteiger partial charge in [0.1, 0.15) is 0 Å². The quantitative estimate of drug-likeness (QED) is 0.498. The third kappa shape index (κ3) is 4.29. The van der Waals surface area contributed by atoms with Crippen LogP contribution >= 0.6 is 0 Å². The van der Waals surface area contributed by atoms with Crippen molar-refractivity contribution in [2.75, 3.05) is 13.2 Å². The monoisotopic (exact) mass is 212 g/mol. The molecule has 0 atom stereocenters. The predicted molar refractivity (Wildman–Crippen MR) is 59.2 cm³/mol. The van der Waals surface area contributed by atoms with Gasteiger partial charge in [-0.05, 0) is 44.1 Å². The van der Waals surface area contributed by atoms with Gasteiger partial charge in [0.05, 0.1) is 12.9 Å². The molecule has 80 valence electrons. The molecule has 3 heteroatoms. The Labute approximate surface area is 89.6 Å². The van der Waals surface area contributed by atoms with E-state index in [0.29, 0.717) is 9.76 Å². The Kier molecular flexibility index (Phi) is 5.95. The highest BCUT2D eigenvalue weighted by molar-refractivity contribution is 6.24. The molecule has 0 N–H and O–H groups in total. The molecule has 0 amide bonds. The molecule has 1 rings (SSSR count). The zero-order valence-electron chi connectivity index (χ0n) is 9.00. The Balaban J connectivity index is 2.08. The van der Waals surface area contributed by atoms with Gasteiger partial charge < -0.3 is 9.16 Å². The van der Waals surface area contributed by atoms with E-state index in [1.165, 1.54) is 25.7 Å². The first-order valence-electron chi connectivity index (χ1n) is 5.37. The minimum absolute atomic E-state index is 0.638. The van der Waals surface area contributed by atoms with E-state index in [2.05, 4.69) is 13.1 Å². The van der Waals surface area contributed by atoms with Gasteiger partial charge in [-0.1, -0.05) is 6.58 Å². The molecule has 1 aliphatic carbocycles. The first-order chi connectivity index (χ1) is 6.86. The maximum atomic E-state index is 5.47. The Morgan fingerprint density at radius 2 is 1.79 bits per heavy atom. The Hall–Kier alpha value is -0.283. The normalized spacial score (nSPS) is 27.2. The minimum atomic E-state index is 0.638. The van der Waals surface area contributed by atoms with Crippen molar-refractivity contribution in [2.24, 2.45) is 11.8 Å². The summed E-state index contributed by atoms with van der Waals surface area (Å²) >= 11 is 0. The van der Waals surface area contributed by atoms with Crippen LogP contribution in [0.1, 0.15) is 25.7 Å². The van der Waals surface area contributed by atoms with Crippen molar-refractivity contribution in [1.82, 2.24) is 0 Å². The molecule has 0 aromatic heterocycles. The molecular weight excluding hydrogens is 192 g/mol. The topological polar surface area (TPSA) is 18.5 Å². The van der Waals surface area contributed by atoms with Crippen molar-refractivity contribution in [3.8, 4) is 0 Å². The first-order valence-corrected chi connectivity index (χ1v) is 6.78. The summed E-state index contributed by atoms with van der Waals surface area (Å²) < 4.78 is 10.7. The van der Waals surface area contributed by atoms with Crippen LogP contribution in [0.5, 0.6) is 0 Å². The molecule has 2 radical (unpaired) electrons. The fraction of sp³-hybridized carbons (Fsp3) is 0.818. The third-order valence-electron chi connectivity index (χ3n) is 2.88. The van der Waals surface area contributed by atoms with Crippen LogP contribution in [0.15, 0.2) is 12.8 Å². The fourth-order valence-electron chi connectivity index (χ4n) is 1.97. The minimum Gasteiger partial charge on any atom is -0.502 e. The lowest BCUT2D eigenvalue weighted by Gasteiger charge is -2.27. The van der Waals surface area contributed by atoms with Crippen molar-refractivity contribution >= 4 is 9.76 Å². The van der Waals surface area contributed by atoms with Crippen LogP contribution in [0.2, 0.25) is 6.55 Å². The lowest BCUT2D eigenvalue weighted by Crippen LogP contribution is -2.21. The van der Waals surface area contributed by atoms with Crippen LogP contribution in [0.25, 0.3) is 0 Å². The van der Waals surface area contributed by atoms with Crippen LogP contribution < -0.4 is 0 Å². The van der Waals surface area contributed by atoms with Crippen LogP contribution in [-0.4, -0.2) is 23.0 Å². The van der Waals surface area contributed by atoms with E-state index in [1.807, 2.05) is 0 Å². The molecule has 0 bridgehead atoms. The highest BCUT2D eigenvalue weighted by atomic mass is 28.2. The second-order valence-corrected chi connectivity index (χ2v) is 4.60. The van der Waals surface area contributed by atoms with E-state index < -0.39 is 0 Å². The van der Waals surface area contributed by atoms with Crippen molar-refractivity contribution < 1.29 is 9.16 Å². The summed E-state index contributed by atoms with van der Waals surface area (Å²) in [6.45, 7) is 7.46. The van der Waals surface area contributed by atoms with E-state index >= 15 is 0 Å². The zero-order valence-corrected chi connectivity index (χ0v) is 10.00. The smallest absolute Gasteiger partial charge is 0.226 e. The summed E-state index contributed by atoms with van der Waals surface area (Å²) in [6, 6.07) is 0. The molecule has 0 spiro atoms. The Morgan fingerprint density at radius 3 is 2.29 bits per heavy atom. The second kappa shape index (κ2) is 7.07. The summed E-state index contributed by atoms with van der Waals surface area (Å²) in [4.78, 5) is 0. The summed E-state index contributed by atoms with van der Waals surface area (Å²) in [5.41, 5.74) is 0. The van der Waals surface area contributed by atoms with Crippen LogP contribution in [-0.2, 0) is 9.16 Å². The Morgan fingerprint density at radius 1 is 1.21 bits per heavy atom. The van der Waals surface area contributed by atoms with Gasteiger partial charge in [-0.2, -0.15) is 0 Å². The SMILES string of the molecule is C=COCC1CCC(CO[Si]C)CC1. The van der Waals surface area contributed by atoms with E-state index in [9.17, 15) is 0 Å². The van der Waals surface area contributed by atoms with Gasteiger partial charge in [-0.25, -0.2) is 0 Å². The van der Waals surface area contributed by atoms with Gasteiger partial charge in [-0.3, -0.25) is 0 Å². The van der Waals surface area contributed by atoms with Crippen molar-refractivity contribution in [2.45, 2.75) is 32.2 Å². The first kappa shape index (κ1) is 11.8. The second-order valence-electron chi connectivity index (χ2n) is 3.90. The Bertz CT molecular complexity index is 153. The predicted octanol–water partition coefficient (Wildman–Crippen LogP) is 2.64. The molecule has 0 aliphatic heterocycles. The van der Waals surface area contributed by atoms with Crippen molar-refractivity contribution in [1.29, 1.82) is 0 Å². The zero-order chi connectivity index (χ0) is 10.2. The van der Waals surface area contributed by atoms with Crippen LogP contribution in [0.4, 0.5) is 0 Å². The van der Waals surface area contributed by atoms with Gasteiger partial charge in [0.2, 0.25) is 9.76 Å². The molecule has 0 unspecified atom stereocenters. The molecule has 0 aromatic carbocycles. The van der Waals surface area contributed by atoms with Crippen molar-refractivity contribution in [3.05, 3.63) is 12.8 Å². The average Bonchev–Trinajstić information content (AvgIpc) is 2.25. The van der Waals surface area contributed by atoms with E-state index in [-0.39, 0.29) is 0 Å². The van der Waals surface area contributed by atoms with Crippen LogP contribution in [0.3, 0.4) is 0 Å². The molecule has 0 saturated heterocycles. The molecular formula is C11H20O2Si. The van der Waals surface area contributed by atoms with E-state index in [1.54, 1.807) is 6.26 Å². The highest BCUT2D eigenvalue weighted by Crippen LogP contribution is 2.28. The summed E-state index contributed by atoms with van der Waals surface area (Å²) in [5, 5.41) is 0. The number of ether oxygens (including phenoxy) is 1. The van der Waals surface area contributed by atoms with Crippen molar-refractivity contribution in [3.63, 3.8) is 0 Å². The van der Waals surface area contributed by atoms with Crippen LogP contribution in [0, 0.1) is 11.8 Å². The average molecular weight is 212 g/mol. The summed E-state index contributed by atoms with van der Waals surface area (Å²) in [6.07, 6.45) is 6.72. The van der Waals surface area contributed by atoms with E-state index in [0.717, 1.165) is 25.0 Å². The van der Waals surface area contributed by atoms with Gasteiger partial charge in [0.15, 0.2) is 0 Å². The highest BCUT2D eigenvalue weighted by Gasteiger charge is 2.21. The van der Waals surface area contributed by atoms with Gasteiger partial charge in [0.25, 0.3) is 0 Å². The standard InChI is InChI=1S/C11H20O2Si/c1-3-12-8-10-4-6-11(7-5-10)9-13-14-2/h3,10-11H,1,4-9H2,2H3. The molecule has 14 heavy (non-hydrogen) atoms. The summed E-state index contributed by atoms with van der Waals surface area (Å²) in [7, 11) is 0.638. The third-order valence-corrected chi connectivity index (χ3v) is 3.33. The van der Waals surface area contributed by atoms with Gasteiger partial charge in [-0.15, -0.1) is 0 Å². The van der Waals surface area contributed by atoms with Gasteiger partial charge >= 0.3 is 0 Å². The molecule has 1 saturated carbocycles. The lowest BCUT2D eigenvalue weighted by atomic mass is 9.83. The maximum absolute atomic E-state index is 5.47. The summed E-state index contributed by atoms with van der Waals surface area (Å²) in [5.74, 6) is 1.54. The number of hydrogen-bond donors (Lipinski definition) is 0. The largest absolute Gasteiger partial charge is 0.502 e. The molecule has 0 aromatic rings. The lowest BCUT2D eigenvalue weighted by molar-refractivity contribution is 0.129.